The van der Waals surface area contributed by atoms with Crippen LogP contribution in [0.4, 0.5) is 5.82 Å². The zero-order chi connectivity index (χ0) is 11.4. The van der Waals surface area contributed by atoms with E-state index in [4.69, 9.17) is 5.73 Å². The maximum absolute atomic E-state index is 11.6. The molecule has 1 aromatic carbocycles. The van der Waals surface area contributed by atoms with Gasteiger partial charge in [-0.2, -0.15) is 5.10 Å². The number of carbonyl (C=O) groups excluding carboxylic acids is 1. The first-order valence-corrected chi connectivity index (χ1v) is 4.89. The predicted molar refractivity (Wildman–Crippen MR) is 60.6 cm³/mol. The molecule has 0 unspecified atom stereocenters. The number of hydrogen-bond acceptors (Lipinski definition) is 3. The molecule has 5 nitrogen and oxygen atoms in total. The van der Waals surface area contributed by atoms with Gasteiger partial charge in [0.25, 0.3) is 5.91 Å². The van der Waals surface area contributed by atoms with Crippen molar-refractivity contribution < 1.29 is 4.79 Å². The second-order valence-electron chi connectivity index (χ2n) is 3.37. The minimum Gasteiger partial charge on any atom is -0.382 e. The third-order valence-electron chi connectivity index (χ3n) is 2.14. The van der Waals surface area contributed by atoms with E-state index in [9.17, 15) is 4.79 Å². The molecular weight excluding hydrogens is 204 g/mol. The zero-order valence-corrected chi connectivity index (χ0v) is 8.60. The quantitative estimate of drug-likeness (QED) is 0.713. The van der Waals surface area contributed by atoms with Crippen molar-refractivity contribution in [3.05, 3.63) is 47.7 Å². The number of aromatic nitrogens is 2. The lowest BCUT2D eigenvalue weighted by atomic mass is 10.2. The van der Waals surface area contributed by atoms with Crippen molar-refractivity contribution in [2.75, 3.05) is 5.73 Å². The predicted octanol–water partition coefficient (Wildman–Crippen LogP) is 0.922. The summed E-state index contributed by atoms with van der Waals surface area (Å²) >= 11 is 0. The normalized spacial score (nSPS) is 10.0. The van der Waals surface area contributed by atoms with Crippen LogP contribution in [-0.4, -0.2) is 16.1 Å². The van der Waals surface area contributed by atoms with Crippen LogP contribution < -0.4 is 11.1 Å². The van der Waals surface area contributed by atoms with E-state index in [-0.39, 0.29) is 5.91 Å². The monoisotopic (exact) mass is 216 g/mol. The summed E-state index contributed by atoms with van der Waals surface area (Å²) in [7, 11) is 0. The number of hydrogen-bond donors (Lipinski definition) is 3. The van der Waals surface area contributed by atoms with Crippen molar-refractivity contribution in [1.82, 2.24) is 15.5 Å². The van der Waals surface area contributed by atoms with Crippen LogP contribution >= 0.6 is 0 Å². The molecule has 0 saturated heterocycles. The van der Waals surface area contributed by atoms with Gasteiger partial charge in [-0.15, -0.1) is 0 Å². The van der Waals surface area contributed by atoms with Crippen molar-refractivity contribution >= 4 is 11.7 Å². The highest BCUT2D eigenvalue weighted by molar-refractivity contribution is 5.92. The van der Waals surface area contributed by atoms with Crippen LogP contribution in [-0.2, 0) is 6.54 Å². The molecule has 0 fully saturated rings. The van der Waals surface area contributed by atoms with Gasteiger partial charge in [0.05, 0.1) is 0 Å². The second-order valence-corrected chi connectivity index (χ2v) is 3.37. The molecule has 82 valence electrons. The Balaban J connectivity index is 1.94. The summed E-state index contributed by atoms with van der Waals surface area (Å²) in [6, 6.07) is 11.2. The molecule has 0 aliphatic heterocycles. The summed E-state index contributed by atoms with van der Waals surface area (Å²) in [5.74, 6) is 0.0953. The Bertz CT molecular complexity index is 478. The Labute approximate surface area is 92.7 Å². The largest absolute Gasteiger partial charge is 0.382 e. The van der Waals surface area contributed by atoms with Gasteiger partial charge in [-0.1, -0.05) is 30.3 Å². The molecule has 1 heterocycles. The van der Waals surface area contributed by atoms with Gasteiger partial charge in [-0.05, 0) is 5.56 Å². The van der Waals surface area contributed by atoms with E-state index in [0.29, 0.717) is 18.1 Å². The average Bonchev–Trinajstić information content (AvgIpc) is 2.74. The van der Waals surface area contributed by atoms with Crippen LogP contribution in [0.2, 0.25) is 0 Å². The van der Waals surface area contributed by atoms with Crippen LogP contribution in [0.25, 0.3) is 0 Å². The zero-order valence-electron chi connectivity index (χ0n) is 8.60. The smallest absolute Gasteiger partial charge is 0.269 e. The highest BCUT2D eigenvalue weighted by Crippen LogP contribution is 2.01. The molecule has 2 aromatic rings. The molecule has 1 aromatic heterocycles. The second kappa shape index (κ2) is 4.48. The van der Waals surface area contributed by atoms with Crippen LogP contribution in [0.15, 0.2) is 36.4 Å². The van der Waals surface area contributed by atoms with E-state index < -0.39 is 0 Å². The molecule has 1 amide bonds. The van der Waals surface area contributed by atoms with E-state index in [1.807, 2.05) is 30.3 Å². The molecule has 2 rings (SSSR count). The van der Waals surface area contributed by atoms with Gasteiger partial charge in [0.15, 0.2) is 0 Å². The molecule has 16 heavy (non-hydrogen) atoms. The third kappa shape index (κ3) is 2.38. The van der Waals surface area contributed by atoms with E-state index in [0.717, 1.165) is 5.56 Å². The maximum Gasteiger partial charge on any atom is 0.269 e. The fourth-order valence-electron chi connectivity index (χ4n) is 1.33. The summed E-state index contributed by atoms with van der Waals surface area (Å²) in [4.78, 5) is 11.6. The average molecular weight is 216 g/mol. The molecule has 0 aliphatic rings. The van der Waals surface area contributed by atoms with Gasteiger partial charge < -0.3 is 11.1 Å². The summed E-state index contributed by atoms with van der Waals surface area (Å²) in [6.45, 7) is 0.485. The maximum atomic E-state index is 11.6. The number of rotatable bonds is 3. The van der Waals surface area contributed by atoms with Crippen molar-refractivity contribution in [2.24, 2.45) is 0 Å². The molecular formula is C11H12N4O. The SMILES string of the molecule is Nc1cc(C(=O)NCc2ccccc2)[nH]n1. The summed E-state index contributed by atoms with van der Waals surface area (Å²) in [6.07, 6.45) is 0. The Morgan fingerprint density at radius 1 is 1.38 bits per heavy atom. The van der Waals surface area contributed by atoms with E-state index in [1.165, 1.54) is 6.07 Å². The lowest BCUT2D eigenvalue weighted by molar-refractivity contribution is 0.0946. The van der Waals surface area contributed by atoms with Gasteiger partial charge in [0, 0.05) is 12.6 Å². The first kappa shape index (κ1) is 10.2. The number of carbonyl (C=O) groups is 1. The number of amides is 1. The van der Waals surface area contributed by atoms with Crippen molar-refractivity contribution in [3.8, 4) is 0 Å². The number of nitrogen functional groups attached to an aromatic ring is 1. The van der Waals surface area contributed by atoms with Crippen molar-refractivity contribution in [3.63, 3.8) is 0 Å². The van der Waals surface area contributed by atoms with Gasteiger partial charge >= 0.3 is 0 Å². The number of nitrogens with zero attached hydrogens (tertiary/aromatic N) is 1. The number of nitrogens with two attached hydrogens (primary N) is 1. The Morgan fingerprint density at radius 3 is 2.75 bits per heavy atom. The highest BCUT2D eigenvalue weighted by Gasteiger charge is 2.07. The standard InChI is InChI=1S/C11H12N4O/c12-10-6-9(14-15-10)11(16)13-7-8-4-2-1-3-5-8/h1-6H,7H2,(H,13,16)(H3,12,14,15). The summed E-state index contributed by atoms with van der Waals surface area (Å²) < 4.78 is 0. The minimum absolute atomic E-state index is 0.215. The number of benzene rings is 1. The van der Waals surface area contributed by atoms with E-state index >= 15 is 0 Å². The van der Waals surface area contributed by atoms with Crippen LogP contribution in [0.1, 0.15) is 16.1 Å². The van der Waals surface area contributed by atoms with Crippen LogP contribution in [0.5, 0.6) is 0 Å². The molecule has 4 N–H and O–H groups in total. The van der Waals surface area contributed by atoms with Crippen LogP contribution in [0, 0.1) is 0 Å². The molecule has 0 spiro atoms. The highest BCUT2D eigenvalue weighted by atomic mass is 16.1. The fourth-order valence-corrected chi connectivity index (χ4v) is 1.33. The molecule has 0 atom stereocenters. The van der Waals surface area contributed by atoms with Gasteiger partial charge in [0.1, 0.15) is 11.5 Å². The lowest BCUT2D eigenvalue weighted by Gasteiger charge is -2.02. The molecule has 0 saturated carbocycles. The first-order valence-electron chi connectivity index (χ1n) is 4.89. The molecule has 5 heteroatoms. The Morgan fingerprint density at radius 2 is 2.12 bits per heavy atom. The van der Waals surface area contributed by atoms with Gasteiger partial charge in [0.2, 0.25) is 0 Å². The van der Waals surface area contributed by atoms with Gasteiger partial charge in [-0.25, -0.2) is 0 Å². The topological polar surface area (TPSA) is 83.8 Å². The minimum atomic E-state index is -0.215. The third-order valence-corrected chi connectivity index (χ3v) is 2.14. The Kier molecular flexibility index (Phi) is 2.86. The number of aromatic amines is 1. The van der Waals surface area contributed by atoms with E-state index in [2.05, 4.69) is 15.5 Å². The molecule has 0 aliphatic carbocycles. The summed E-state index contributed by atoms with van der Waals surface area (Å²) in [5, 5.41) is 9.00. The summed E-state index contributed by atoms with van der Waals surface area (Å²) in [5.41, 5.74) is 6.81. The first-order chi connectivity index (χ1) is 7.75. The van der Waals surface area contributed by atoms with Crippen LogP contribution in [0.3, 0.4) is 0 Å². The number of H-pyrrole nitrogens is 1. The molecule has 0 bridgehead atoms. The van der Waals surface area contributed by atoms with Crippen molar-refractivity contribution in [1.29, 1.82) is 0 Å². The Hall–Kier alpha value is -2.30. The van der Waals surface area contributed by atoms with E-state index in [1.54, 1.807) is 0 Å². The molecule has 0 radical (unpaired) electrons. The number of anilines is 1. The van der Waals surface area contributed by atoms with Gasteiger partial charge in [-0.3, -0.25) is 9.89 Å². The lowest BCUT2D eigenvalue weighted by Crippen LogP contribution is -2.23. The fraction of sp³-hybridized carbons (Fsp3) is 0.0909. The van der Waals surface area contributed by atoms with Crippen molar-refractivity contribution in [2.45, 2.75) is 6.54 Å². The number of nitrogens with one attached hydrogen (secondary N) is 2.